The van der Waals surface area contributed by atoms with Gasteiger partial charge in [-0.05, 0) is 30.3 Å². The first-order valence-corrected chi connectivity index (χ1v) is 8.04. The fourth-order valence-corrected chi connectivity index (χ4v) is 2.86. The molecule has 2 aromatic carbocycles. The van der Waals surface area contributed by atoms with Crippen LogP contribution in [0.3, 0.4) is 0 Å². The number of halogens is 1. The first kappa shape index (κ1) is 17.0. The Hall–Kier alpha value is -2.89. The molecule has 0 aromatic heterocycles. The van der Waals surface area contributed by atoms with E-state index in [2.05, 4.69) is 5.32 Å². The summed E-state index contributed by atoms with van der Waals surface area (Å²) < 4.78 is 18.7. The highest BCUT2D eigenvalue weighted by molar-refractivity contribution is 6.00. The number of methoxy groups -OCH3 is 1. The summed E-state index contributed by atoms with van der Waals surface area (Å²) in [5, 5.41) is 2.71. The number of benzene rings is 2. The number of hydrogen-bond donors (Lipinski definition) is 1. The Bertz CT molecular complexity index is 776. The van der Waals surface area contributed by atoms with Crippen LogP contribution < -0.4 is 15.0 Å². The molecule has 130 valence electrons. The molecular formula is C19H19FN2O3. The smallest absolute Gasteiger partial charge is 0.227 e. The minimum Gasteiger partial charge on any atom is -0.497 e. The molecule has 3 rings (SSSR count). The highest BCUT2D eigenvalue weighted by Gasteiger charge is 2.35. The van der Waals surface area contributed by atoms with E-state index in [1.165, 1.54) is 6.07 Å². The maximum absolute atomic E-state index is 13.6. The summed E-state index contributed by atoms with van der Waals surface area (Å²) in [6.07, 6.45) is 0.148. The molecule has 1 atom stereocenters. The average Bonchev–Trinajstić information content (AvgIpc) is 3.03. The molecule has 6 heteroatoms. The number of carbonyl (C=O) groups is 2. The fourth-order valence-electron chi connectivity index (χ4n) is 2.86. The van der Waals surface area contributed by atoms with Crippen LogP contribution in [0.1, 0.15) is 12.0 Å². The minimum atomic E-state index is -0.443. The molecule has 1 heterocycles. The van der Waals surface area contributed by atoms with Gasteiger partial charge >= 0.3 is 0 Å². The quantitative estimate of drug-likeness (QED) is 0.908. The van der Waals surface area contributed by atoms with E-state index in [-0.39, 0.29) is 30.6 Å². The van der Waals surface area contributed by atoms with Gasteiger partial charge in [0.2, 0.25) is 11.8 Å². The summed E-state index contributed by atoms with van der Waals surface area (Å²) in [5.41, 5.74) is 1.15. The van der Waals surface area contributed by atoms with Gasteiger partial charge in [-0.25, -0.2) is 4.39 Å². The van der Waals surface area contributed by atoms with Crippen LogP contribution in [0.15, 0.2) is 48.5 Å². The van der Waals surface area contributed by atoms with Crippen LogP contribution in [0.25, 0.3) is 0 Å². The molecule has 0 saturated carbocycles. The van der Waals surface area contributed by atoms with Gasteiger partial charge in [-0.15, -0.1) is 0 Å². The van der Waals surface area contributed by atoms with Gasteiger partial charge in [0.15, 0.2) is 0 Å². The van der Waals surface area contributed by atoms with E-state index >= 15 is 0 Å². The van der Waals surface area contributed by atoms with Crippen LogP contribution >= 0.6 is 0 Å². The summed E-state index contributed by atoms with van der Waals surface area (Å²) in [7, 11) is 1.58. The Labute approximate surface area is 145 Å². The van der Waals surface area contributed by atoms with Crippen molar-refractivity contribution in [1.29, 1.82) is 0 Å². The molecule has 5 nitrogen and oxygen atoms in total. The molecule has 0 bridgehead atoms. The van der Waals surface area contributed by atoms with Crippen molar-refractivity contribution in [3.05, 3.63) is 59.9 Å². The predicted octanol–water partition coefficient (Wildman–Crippen LogP) is 2.50. The number of hydrogen-bond acceptors (Lipinski definition) is 3. The van der Waals surface area contributed by atoms with E-state index < -0.39 is 5.92 Å². The van der Waals surface area contributed by atoms with Gasteiger partial charge in [0.25, 0.3) is 0 Å². The molecule has 1 saturated heterocycles. The van der Waals surface area contributed by atoms with Crippen LogP contribution in [-0.2, 0) is 16.1 Å². The van der Waals surface area contributed by atoms with Crippen molar-refractivity contribution in [1.82, 2.24) is 5.32 Å². The Morgan fingerprint density at radius 3 is 2.64 bits per heavy atom. The Morgan fingerprint density at radius 1 is 1.24 bits per heavy atom. The molecule has 0 aliphatic carbocycles. The Balaban J connectivity index is 1.61. The van der Waals surface area contributed by atoms with Gasteiger partial charge in [-0.1, -0.05) is 18.2 Å². The van der Waals surface area contributed by atoms with Gasteiger partial charge in [-0.3, -0.25) is 9.59 Å². The van der Waals surface area contributed by atoms with E-state index in [1.807, 2.05) is 0 Å². The average molecular weight is 342 g/mol. The Morgan fingerprint density at radius 2 is 1.96 bits per heavy atom. The van der Waals surface area contributed by atoms with E-state index in [9.17, 15) is 14.0 Å². The third kappa shape index (κ3) is 3.79. The third-order valence-corrected chi connectivity index (χ3v) is 4.29. The standard InChI is InChI=1S/C19H19FN2O3/c1-25-16-8-6-15(7-9-16)22-12-14(10-18(22)23)19(24)21-11-13-4-2-3-5-17(13)20/h2-9,14H,10-12H2,1H3,(H,21,24)/t14-/m1/s1. The normalized spacial score (nSPS) is 16.8. The molecule has 1 aliphatic heterocycles. The summed E-state index contributed by atoms with van der Waals surface area (Å²) >= 11 is 0. The molecule has 1 fully saturated rings. The van der Waals surface area contributed by atoms with Crippen molar-refractivity contribution < 1.29 is 18.7 Å². The second kappa shape index (κ2) is 7.34. The third-order valence-electron chi connectivity index (χ3n) is 4.29. The lowest BCUT2D eigenvalue weighted by atomic mass is 10.1. The lowest BCUT2D eigenvalue weighted by molar-refractivity contribution is -0.126. The van der Waals surface area contributed by atoms with Gasteiger partial charge in [0.1, 0.15) is 11.6 Å². The highest BCUT2D eigenvalue weighted by Crippen LogP contribution is 2.27. The van der Waals surface area contributed by atoms with Crippen LogP contribution in [0.4, 0.5) is 10.1 Å². The van der Waals surface area contributed by atoms with Crippen LogP contribution in [0.2, 0.25) is 0 Å². The molecule has 1 aliphatic rings. The molecule has 0 unspecified atom stereocenters. The van der Waals surface area contributed by atoms with Crippen molar-refractivity contribution in [2.75, 3.05) is 18.6 Å². The largest absolute Gasteiger partial charge is 0.497 e. The minimum absolute atomic E-state index is 0.101. The molecule has 2 amide bonds. The molecule has 1 N–H and O–H groups in total. The SMILES string of the molecule is COc1ccc(N2C[C@H](C(=O)NCc3ccccc3F)CC2=O)cc1. The van der Waals surface area contributed by atoms with Crippen LogP contribution in [0, 0.1) is 11.7 Å². The number of ether oxygens (including phenoxy) is 1. The Kier molecular flexibility index (Phi) is 4.97. The van der Waals surface area contributed by atoms with Gasteiger partial charge < -0.3 is 15.0 Å². The number of nitrogens with zero attached hydrogens (tertiary/aromatic N) is 1. The van der Waals surface area contributed by atoms with Gasteiger partial charge in [0.05, 0.1) is 13.0 Å². The van der Waals surface area contributed by atoms with Crippen molar-refractivity contribution >= 4 is 17.5 Å². The predicted molar refractivity (Wildman–Crippen MR) is 91.7 cm³/mol. The first-order valence-electron chi connectivity index (χ1n) is 8.04. The summed E-state index contributed by atoms with van der Waals surface area (Å²) in [4.78, 5) is 26.1. The summed E-state index contributed by atoms with van der Waals surface area (Å²) in [6.45, 7) is 0.424. The molecule has 25 heavy (non-hydrogen) atoms. The van der Waals surface area contributed by atoms with Gasteiger partial charge in [0, 0.05) is 30.8 Å². The topological polar surface area (TPSA) is 58.6 Å². The monoisotopic (exact) mass is 342 g/mol. The van der Waals surface area contributed by atoms with Crippen LogP contribution in [-0.4, -0.2) is 25.5 Å². The van der Waals surface area contributed by atoms with Crippen molar-refractivity contribution in [3.63, 3.8) is 0 Å². The number of rotatable bonds is 5. The number of amides is 2. The summed E-state index contributed by atoms with van der Waals surface area (Å²) in [5.74, 6) is -0.440. The molecule has 0 spiro atoms. The lowest BCUT2D eigenvalue weighted by Crippen LogP contribution is -2.32. The zero-order valence-electron chi connectivity index (χ0n) is 13.9. The maximum atomic E-state index is 13.6. The maximum Gasteiger partial charge on any atom is 0.227 e. The number of nitrogens with one attached hydrogen (secondary N) is 1. The number of carbonyl (C=O) groups excluding carboxylic acids is 2. The van der Waals surface area contributed by atoms with Crippen molar-refractivity contribution in [3.8, 4) is 5.75 Å². The van der Waals surface area contributed by atoms with Crippen molar-refractivity contribution in [2.45, 2.75) is 13.0 Å². The van der Waals surface area contributed by atoms with Crippen molar-refractivity contribution in [2.24, 2.45) is 5.92 Å². The summed E-state index contributed by atoms with van der Waals surface area (Å²) in [6, 6.07) is 13.4. The highest BCUT2D eigenvalue weighted by atomic mass is 19.1. The second-order valence-corrected chi connectivity index (χ2v) is 5.91. The fraction of sp³-hybridized carbons (Fsp3) is 0.263. The molecule has 0 radical (unpaired) electrons. The first-order chi connectivity index (χ1) is 12.1. The van der Waals surface area contributed by atoms with E-state index in [0.29, 0.717) is 17.9 Å². The van der Waals surface area contributed by atoms with E-state index in [0.717, 1.165) is 5.69 Å². The van der Waals surface area contributed by atoms with Crippen LogP contribution in [0.5, 0.6) is 5.75 Å². The number of anilines is 1. The zero-order chi connectivity index (χ0) is 17.8. The van der Waals surface area contributed by atoms with E-state index in [1.54, 1.807) is 54.5 Å². The lowest BCUT2D eigenvalue weighted by Gasteiger charge is -2.17. The van der Waals surface area contributed by atoms with Gasteiger partial charge in [-0.2, -0.15) is 0 Å². The van der Waals surface area contributed by atoms with E-state index in [4.69, 9.17) is 4.74 Å². The zero-order valence-corrected chi connectivity index (χ0v) is 13.9. The molecular weight excluding hydrogens is 323 g/mol. The second-order valence-electron chi connectivity index (χ2n) is 5.91. The molecule has 2 aromatic rings.